The van der Waals surface area contributed by atoms with E-state index in [2.05, 4.69) is 11.8 Å². The number of rotatable bonds is 4. The van der Waals surface area contributed by atoms with E-state index < -0.39 is 5.91 Å². The predicted molar refractivity (Wildman–Crippen MR) is 93.4 cm³/mol. The number of amides is 2. The van der Waals surface area contributed by atoms with Crippen molar-refractivity contribution in [3.8, 4) is 0 Å². The summed E-state index contributed by atoms with van der Waals surface area (Å²) in [5.41, 5.74) is 6.66. The first-order chi connectivity index (χ1) is 11.5. The van der Waals surface area contributed by atoms with E-state index in [0.717, 1.165) is 30.0 Å². The molecule has 0 fully saturated rings. The maximum Gasteiger partial charge on any atom is 0.268 e. The highest BCUT2D eigenvalue weighted by atomic mass is 32.1. The minimum atomic E-state index is -0.557. The lowest BCUT2D eigenvalue weighted by Crippen LogP contribution is -2.44. The Morgan fingerprint density at radius 1 is 1.17 bits per heavy atom. The van der Waals surface area contributed by atoms with Crippen LogP contribution >= 0.6 is 11.3 Å². The number of benzene rings is 1. The van der Waals surface area contributed by atoms with Gasteiger partial charge in [0, 0.05) is 19.6 Å². The van der Waals surface area contributed by atoms with Gasteiger partial charge in [-0.25, -0.2) is 4.39 Å². The monoisotopic (exact) mass is 347 g/mol. The molecular weight excluding hydrogens is 329 g/mol. The third kappa shape index (κ3) is 2.99. The van der Waals surface area contributed by atoms with Gasteiger partial charge in [-0.2, -0.15) is 0 Å². The minimum Gasteiger partial charge on any atom is -0.368 e. The number of halogens is 1. The summed E-state index contributed by atoms with van der Waals surface area (Å²) in [5.74, 6) is -1.18. The van der Waals surface area contributed by atoms with E-state index in [1.807, 2.05) is 0 Å². The molecule has 1 aromatic heterocycles. The Kier molecular flexibility index (Phi) is 4.53. The molecule has 0 aliphatic carbocycles. The molecule has 2 heterocycles. The molecule has 2 aromatic rings. The third-order valence-electron chi connectivity index (χ3n) is 3.96. The van der Waals surface area contributed by atoms with Gasteiger partial charge in [0.2, 0.25) is 0 Å². The van der Waals surface area contributed by atoms with Crippen molar-refractivity contribution in [2.75, 3.05) is 29.4 Å². The number of thiophene rings is 1. The lowest BCUT2D eigenvalue weighted by atomic mass is 10.1. The molecule has 2 N–H and O–H groups in total. The first kappa shape index (κ1) is 16.4. The topological polar surface area (TPSA) is 66.6 Å². The molecule has 5 nitrogen and oxygen atoms in total. The van der Waals surface area contributed by atoms with Gasteiger partial charge < -0.3 is 15.5 Å². The molecule has 3 rings (SSSR count). The third-order valence-corrected chi connectivity index (χ3v) is 5.05. The summed E-state index contributed by atoms with van der Waals surface area (Å²) in [6, 6.07) is 7.64. The molecule has 24 heavy (non-hydrogen) atoms. The van der Waals surface area contributed by atoms with Crippen LogP contribution in [0.15, 0.2) is 30.3 Å². The smallest absolute Gasteiger partial charge is 0.268 e. The van der Waals surface area contributed by atoms with Crippen molar-refractivity contribution >= 4 is 34.5 Å². The summed E-state index contributed by atoms with van der Waals surface area (Å²) in [4.78, 5) is 28.5. The van der Waals surface area contributed by atoms with Crippen LogP contribution in [0.25, 0.3) is 0 Å². The fourth-order valence-corrected chi connectivity index (χ4v) is 3.68. The second kappa shape index (κ2) is 6.60. The van der Waals surface area contributed by atoms with Gasteiger partial charge in [0.1, 0.15) is 5.82 Å². The van der Waals surface area contributed by atoms with Crippen LogP contribution in [0.3, 0.4) is 0 Å². The number of anilines is 2. The molecule has 0 spiro atoms. The van der Waals surface area contributed by atoms with E-state index in [9.17, 15) is 14.0 Å². The Hall–Kier alpha value is -2.41. The van der Waals surface area contributed by atoms with Crippen LogP contribution in [-0.4, -0.2) is 31.4 Å². The predicted octanol–water partition coefficient (Wildman–Crippen LogP) is 2.86. The molecule has 0 saturated heterocycles. The zero-order valence-electron chi connectivity index (χ0n) is 13.3. The summed E-state index contributed by atoms with van der Waals surface area (Å²) >= 11 is 1.06. The number of nitrogens with zero attached hydrogens (tertiary/aromatic N) is 2. The van der Waals surface area contributed by atoms with Crippen molar-refractivity contribution in [3.05, 3.63) is 45.9 Å². The van der Waals surface area contributed by atoms with Crippen LogP contribution in [0.4, 0.5) is 15.8 Å². The SMILES string of the molecule is CCCN1CCN(C(=O)c2ccc(C(N)=O)s2)c2cc(F)ccc21. The van der Waals surface area contributed by atoms with E-state index in [-0.39, 0.29) is 11.7 Å². The van der Waals surface area contributed by atoms with E-state index in [0.29, 0.717) is 28.5 Å². The van der Waals surface area contributed by atoms with Gasteiger partial charge in [0.25, 0.3) is 11.8 Å². The van der Waals surface area contributed by atoms with Crippen molar-refractivity contribution in [3.63, 3.8) is 0 Å². The lowest BCUT2D eigenvalue weighted by molar-refractivity contribution is 0.0987. The van der Waals surface area contributed by atoms with Gasteiger partial charge in [-0.15, -0.1) is 11.3 Å². The summed E-state index contributed by atoms with van der Waals surface area (Å²) in [7, 11) is 0. The van der Waals surface area contributed by atoms with Gasteiger partial charge in [-0.1, -0.05) is 6.92 Å². The number of fused-ring (bicyclic) bond motifs is 1. The van der Waals surface area contributed by atoms with Crippen LogP contribution in [0.2, 0.25) is 0 Å². The quantitative estimate of drug-likeness (QED) is 0.925. The van der Waals surface area contributed by atoms with Crippen LogP contribution in [0, 0.1) is 5.82 Å². The van der Waals surface area contributed by atoms with Crippen molar-refractivity contribution in [1.82, 2.24) is 0 Å². The number of carbonyl (C=O) groups excluding carboxylic acids is 2. The highest BCUT2D eigenvalue weighted by Crippen LogP contribution is 2.35. The lowest BCUT2D eigenvalue weighted by Gasteiger charge is -2.37. The highest BCUT2D eigenvalue weighted by molar-refractivity contribution is 7.16. The molecular formula is C17H18FN3O2S. The molecule has 0 unspecified atom stereocenters. The van der Waals surface area contributed by atoms with Crippen molar-refractivity contribution in [2.45, 2.75) is 13.3 Å². The Balaban J connectivity index is 1.96. The van der Waals surface area contributed by atoms with Crippen molar-refractivity contribution in [1.29, 1.82) is 0 Å². The number of primary amides is 1. The standard InChI is InChI=1S/C17H18FN3O2S/c1-2-7-20-8-9-21(13-10-11(18)3-4-12(13)20)17(23)15-6-5-14(24-15)16(19)22/h3-6,10H,2,7-9H2,1H3,(H2,19,22). The zero-order valence-corrected chi connectivity index (χ0v) is 14.1. The number of carbonyl (C=O) groups is 2. The Morgan fingerprint density at radius 3 is 2.58 bits per heavy atom. The van der Waals surface area contributed by atoms with Gasteiger partial charge in [0.05, 0.1) is 21.1 Å². The number of nitrogens with two attached hydrogens (primary N) is 1. The highest BCUT2D eigenvalue weighted by Gasteiger charge is 2.28. The molecule has 1 aromatic carbocycles. The fraction of sp³-hybridized carbons (Fsp3) is 0.294. The van der Waals surface area contributed by atoms with E-state index >= 15 is 0 Å². The maximum atomic E-state index is 13.7. The first-order valence-electron chi connectivity index (χ1n) is 7.77. The van der Waals surface area contributed by atoms with Gasteiger partial charge in [0.15, 0.2) is 0 Å². The van der Waals surface area contributed by atoms with Crippen LogP contribution in [0.1, 0.15) is 32.7 Å². The molecule has 0 saturated carbocycles. The second-order valence-corrected chi connectivity index (χ2v) is 6.69. The Labute approximate surface area is 143 Å². The minimum absolute atomic E-state index is 0.240. The number of hydrogen-bond donors (Lipinski definition) is 1. The molecule has 1 aliphatic rings. The molecule has 0 radical (unpaired) electrons. The van der Waals surface area contributed by atoms with E-state index in [1.165, 1.54) is 12.1 Å². The second-order valence-electron chi connectivity index (χ2n) is 5.61. The molecule has 2 amide bonds. The average Bonchev–Trinajstić information content (AvgIpc) is 3.05. The normalized spacial score (nSPS) is 13.8. The summed E-state index contributed by atoms with van der Waals surface area (Å²) in [6.07, 6.45) is 0.970. The average molecular weight is 347 g/mol. The maximum absolute atomic E-state index is 13.7. The first-order valence-corrected chi connectivity index (χ1v) is 8.59. The largest absolute Gasteiger partial charge is 0.368 e. The summed E-state index contributed by atoms with van der Waals surface area (Å²) in [6.45, 7) is 4.09. The van der Waals surface area contributed by atoms with Crippen molar-refractivity contribution in [2.24, 2.45) is 5.73 Å². The fourth-order valence-electron chi connectivity index (χ4n) is 2.87. The van der Waals surface area contributed by atoms with Gasteiger partial charge in [-0.05, 0) is 36.8 Å². The molecule has 7 heteroatoms. The van der Waals surface area contributed by atoms with Gasteiger partial charge >= 0.3 is 0 Å². The Morgan fingerprint density at radius 2 is 1.92 bits per heavy atom. The summed E-state index contributed by atoms with van der Waals surface area (Å²) < 4.78 is 13.7. The zero-order chi connectivity index (χ0) is 17.3. The number of hydrogen-bond acceptors (Lipinski definition) is 4. The van der Waals surface area contributed by atoms with E-state index in [1.54, 1.807) is 23.1 Å². The summed E-state index contributed by atoms with van der Waals surface area (Å²) in [5, 5.41) is 0. The van der Waals surface area contributed by atoms with Crippen LogP contribution in [0.5, 0.6) is 0 Å². The van der Waals surface area contributed by atoms with Crippen LogP contribution in [-0.2, 0) is 0 Å². The molecule has 0 atom stereocenters. The Bertz CT molecular complexity index is 790. The van der Waals surface area contributed by atoms with E-state index in [4.69, 9.17) is 5.73 Å². The van der Waals surface area contributed by atoms with Gasteiger partial charge in [-0.3, -0.25) is 9.59 Å². The molecule has 0 bridgehead atoms. The van der Waals surface area contributed by atoms with Crippen molar-refractivity contribution < 1.29 is 14.0 Å². The van der Waals surface area contributed by atoms with Crippen LogP contribution < -0.4 is 15.5 Å². The molecule has 126 valence electrons. The molecule has 1 aliphatic heterocycles.